The molecular formula is C83H162O17P2. The second-order valence-electron chi connectivity index (χ2n) is 30.6. The van der Waals surface area contributed by atoms with Gasteiger partial charge in [-0.2, -0.15) is 0 Å². The Hall–Kier alpha value is -1.94. The van der Waals surface area contributed by atoms with E-state index in [1.165, 1.54) is 257 Å². The standard InChI is InChI=1S/C83H162O17P2/c1-7-10-12-14-16-18-20-22-23-24-25-29-33-36-40-47-53-59-65-80(85)93-71-78(99-83(88)68-62-56-50-42-38-34-30-27-26-28-32-35-39-45-51-57-63-75(4)5)73-97-101(89,90)95-69-77(84)70-96-102(91,92)98-74-79(72-94-81(86)66-60-54-48-44-43-46-52-58-64-76(6)9-3)100-82(87)67-61-55-49-41-37-31-21-19-17-15-13-11-8-2/h75-79,84H,7-74H2,1-6H3,(H,89,90)(H,91,92)/t76?,77-,78-,79-/m1/s1. The van der Waals surface area contributed by atoms with Gasteiger partial charge in [0.25, 0.3) is 0 Å². The largest absolute Gasteiger partial charge is 0.472 e. The molecule has 0 aliphatic heterocycles. The van der Waals surface area contributed by atoms with Crippen LogP contribution in [-0.4, -0.2) is 96.7 Å². The third-order valence-corrected chi connectivity index (χ3v) is 21.7. The molecule has 0 spiro atoms. The zero-order chi connectivity index (χ0) is 74.9. The SMILES string of the molecule is CCCCCCCCCCCCCCCCCCCCC(=O)OC[C@H](COP(=O)(O)OC[C@@H](O)COP(=O)(O)OC[C@@H](COC(=O)CCCCCCCCCCC(C)CC)OC(=O)CCCCCCCCCCCCCCC)OC(=O)CCCCCCCCCCCCCCCCCCC(C)C. The van der Waals surface area contributed by atoms with E-state index in [2.05, 4.69) is 41.5 Å². The third kappa shape index (κ3) is 74.9. The van der Waals surface area contributed by atoms with Crippen molar-refractivity contribution < 1.29 is 80.2 Å². The number of hydrogen-bond acceptors (Lipinski definition) is 15. The average Bonchev–Trinajstić information content (AvgIpc) is 0.924. The van der Waals surface area contributed by atoms with Crippen LogP contribution in [0.25, 0.3) is 0 Å². The second kappa shape index (κ2) is 74.5. The summed E-state index contributed by atoms with van der Waals surface area (Å²) >= 11 is 0. The van der Waals surface area contributed by atoms with Gasteiger partial charge in [-0.3, -0.25) is 37.3 Å². The number of rotatable bonds is 82. The molecule has 0 rings (SSSR count). The molecule has 0 amide bonds. The summed E-state index contributed by atoms with van der Waals surface area (Å²) in [4.78, 5) is 73.1. The average molecular weight is 1490 g/mol. The van der Waals surface area contributed by atoms with E-state index in [9.17, 15) is 43.2 Å². The van der Waals surface area contributed by atoms with E-state index in [1.54, 1.807) is 0 Å². The lowest BCUT2D eigenvalue weighted by Crippen LogP contribution is -2.30. The Balaban J connectivity index is 5.25. The molecule has 0 radical (unpaired) electrons. The van der Waals surface area contributed by atoms with E-state index >= 15 is 0 Å². The first-order chi connectivity index (χ1) is 49.4. The smallest absolute Gasteiger partial charge is 0.462 e. The molecule has 0 heterocycles. The van der Waals surface area contributed by atoms with Crippen molar-refractivity contribution in [2.45, 2.75) is 458 Å². The van der Waals surface area contributed by atoms with Gasteiger partial charge in [0.15, 0.2) is 12.2 Å². The van der Waals surface area contributed by atoms with E-state index in [0.29, 0.717) is 25.7 Å². The number of esters is 4. The molecule has 3 N–H and O–H groups in total. The summed E-state index contributed by atoms with van der Waals surface area (Å²) in [5.74, 6) is -0.517. The van der Waals surface area contributed by atoms with Crippen molar-refractivity contribution in [3.63, 3.8) is 0 Å². The van der Waals surface area contributed by atoms with Crippen LogP contribution in [0.5, 0.6) is 0 Å². The summed E-state index contributed by atoms with van der Waals surface area (Å²) in [6.07, 6.45) is 65.1. The quantitative estimate of drug-likeness (QED) is 0.0222. The van der Waals surface area contributed by atoms with E-state index in [1.807, 2.05) is 0 Å². The van der Waals surface area contributed by atoms with E-state index < -0.39 is 97.5 Å². The molecule has 0 aliphatic rings. The van der Waals surface area contributed by atoms with Crippen LogP contribution in [0.15, 0.2) is 0 Å². The van der Waals surface area contributed by atoms with E-state index in [0.717, 1.165) is 102 Å². The summed E-state index contributed by atoms with van der Waals surface area (Å²) in [6, 6.07) is 0. The first-order valence-electron chi connectivity index (χ1n) is 43.0. The fourth-order valence-corrected chi connectivity index (χ4v) is 14.4. The highest BCUT2D eigenvalue weighted by atomic mass is 31.2. The lowest BCUT2D eigenvalue weighted by atomic mass is 9.99. The fraction of sp³-hybridized carbons (Fsp3) is 0.952. The molecule has 0 aliphatic carbocycles. The number of aliphatic hydroxyl groups excluding tert-OH is 1. The maximum atomic E-state index is 13.1. The number of hydrogen-bond donors (Lipinski definition) is 3. The minimum atomic E-state index is -4.96. The summed E-state index contributed by atoms with van der Waals surface area (Å²) in [7, 11) is -9.92. The van der Waals surface area contributed by atoms with Gasteiger partial charge in [-0.05, 0) is 37.5 Å². The Morgan fingerprint density at radius 1 is 0.284 bits per heavy atom. The zero-order valence-electron chi connectivity index (χ0n) is 66.9. The maximum Gasteiger partial charge on any atom is 0.472 e. The van der Waals surface area contributed by atoms with Crippen molar-refractivity contribution in [1.29, 1.82) is 0 Å². The van der Waals surface area contributed by atoms with Crippen molar-refractivity contribution in [2.24, 2.45) is 11.8 Å². The van der Waals surface area contributed by atoms with Crippen LogP contribution < -0.4 is 0 Å². The molecular weight excluding hydrogens is 1330 g/mol. The molecule has 606 valence electrons. The second-order valence-corrected chi connectivity index (χ2v) is 33.5. The number of phosphoric ester groups is 2. The fourth-order valence-electron chi connectivity index (χ4n) is 12.9. The molecule has 0 aromatic rings. The molecule has 0 bridgehead atoms. The molecule has 3 unspecified atom stereocenters. The number of carbonyl (C=O) groups excluding carboxylic acids is 4. The maximum absolute atomic E-state index is 13.1. The Kier molecular flexibility index (Phi) is 73.1. The van der Waals surface area contributed by atoms with Crippen LogP contribution in [0.1, 0.15) is 440 Å². The van der Waals surface area contributed by atoms with Crippen LogP contribution in [0.2, 0.25) is 0 Å². The van der Waals surface area contributed by atoms with Crippen LogP contribution in [0, 0.1) is 11.8 Å². The van der Waals surface area contributed by atoms with Gasteiger partial charge in [-0.15, -0.1) is 0 Å². The molecule has 0 aromatic heterocycles. The summed E-state index contributed by atoms with van der Waals surface area (Å²) in [6.45, 7) is 9.69. The monoisotopic (exact) mass is 1490 g/mol. The molecule has 0 saturated carbocycles. The first-order valence-corrected chi connectivity index (χ1v) is 46.0. The van der Waals surface area contributed by atoms with Crippen molar-refractivity contribution in [2.75, 3.05) is 39.6 Å². The van der Waals surface area contributed by atoms with Gasteiger partial charge in [0.05, 0.1) is 26.4 Å². The van der Waals surface area contributed by atoms with Gasteiger partial charge in [-0.25, -0.2) is 9.13 Å². The number of carbonyl (C=O) groups is 4. The minimum Gasteiger partial charge on any atom is -0.462 e. The van der Waals surface area contributed by atoms with Crippen LogP contribution in [0.3, 0.4) is 0 Å². The van der Waals surface area contributed by atoms with Crippen LogP contribution >= 0.6 is 15.6 Å². The highest BCUT2D eigenvalue weighted by Gasteiger charge is 2.30. The van der Waals surface area contributed by atoms with Gasteiger partial charge >= 0.3 is 39.5 Å². The predicted octanol–water partition coefficient (Wildman–Crippen LogP) is 25.1. The Morgan fingerprint density at radius 2 is 0.500 bits per heavy atom. The number of aliphatic hydroxyl groups is 1. The molecule has 0 aromatic carbocycles. The number of phosphoric acid groups is 2. The first kappa shape index (κ1) is 100. The molecule has 17 nitrogen and oxygen atoms in total. The van der Waals surface area contributed by atoms with Gasteiger partial charge in [0.1, 0.15) is 19.3 Å². The summed E-state index contributed by atoms with van der Waals surface area (Å²) in [5.41, 5.74) is 0. The highest BCUT2D eigenvalue weighted by molar-refractivity contribution is 7.47. The van der Waals surface area contributed by atoms with Crippen molar-refractivity contribution >= 4 is 39.5 Å². The Labute approximate surface area is 626 Å². The normalized spacial score (nSPS) is 14.1. The predicted molar refractivity (Wildman–Crippen MR) is 418 cm³/mol. The molecule has 102 heavy (non-hydrogen) atoms. The van der Waals surface area contributed by atoms with Crippen LogP contribution in [-0.2, 0) is 65.4 Å². The van der Waals surface area contributed by atoms with Gasteiger partial charge in [-0.1, -0.05) is 388 Å². The highest BCUT2D eigenvalue weighted by Crippen LogP contribution is 2.45. The Morgan fingerprint density at radius 3 is 0.745 bits per heavy atom. The van der Waals surface area contributed by atoms with Crippen molar-refractivity contribution in [3.05, 3.63) is 0 Å². The van der Waals surface area contributed by atoms with E-state index in [-0.39, 0.29) is 25.7 Å². The van der Waals surface area contributed by atoms with E-state index in [4.69, 9.17) is 37.0 Å². The molecule has 0 fully saturated rings. The lowest BCUT2D eigenvalue weighted by Gasteiger charge is -2.21. The van der Waals surface area contributed by atoms with Gasteiger partial charge in [0, 0.05) is 25.7 Å². The van der Waals surface area contributed by atoms with Crippen LogP contribution in [0.4, 0.5) is 0 Å². The third-order valence-electron chi connectivity index (χ3n) is 19.8. The number of unbranched alkanes of at least 4 members (excludes halogenated alkanes) is 51. The van der Waals surface area contributed by atoms with Gasteiger partial charge in [0.2, 0.25) is 0 Å². The summed E-state index contributed by atoms with van der Waals surface area (Å²) in [5, 5.41) is 10.7. The number of ether oxygens (including phenoxy) is 4. The van der Waals surface area contributed by atoms with Crippen molar-refractivity contribution in [1.82, 2.24) is 0 Å². The van der Waals surface area contributed by atoms with Crippen molar-refractivity contribution in [3.8, 4) is 0 Å². The lowest BCUT2D eigenvalue weighted by molar-refractivity contribution is -0.161. The topological polar surface area (TPSA) is 237 Å². The molecule has 19 heteroatoms. The molecule has 6 atom stereocenters. The molecule has 0 saturated heterocycles. The Bertz CT molecular complexity index is 1960. The van der Waals surface area contributed by atoms with Gasteiger partial charge < -0.3 is 33.8 Å². The summed E-state index contributed by atoms with van der Waals surface area (Å²) < 4.78 is 68.8. The minimum absolute atomic E-state index is 0.107. The zero-order valence-corrected chi connectivity index (χ0v) is 68.7.